The van der Waals surface area contributed by atoms with Crippen molar-refractivity contribution in [2.45, 2.75) is 57.7 Å². The zero-order valence-electron chi connectivity index (χ0n) is 15.8. The van der Waals surface area contributed by atoms with E-state index in [1.54, 1.807) is 0 Å². The number of fused-ring (bicyclic) bond motifs is 3. The summed E-state index contributed by atoms with van der Waals surface area (Å²) in [6, 6.07) is 0. The first-order valence-corrected chi connectivity index (χ1v) is 11.5. The van der Waals surface area contributed by atoms with Gasteiger partial charge in [0.1, 0.15) is 11.5 Å². The van der Waals surface area contributed by atoms with Crippen molar-refractivity contribution >= 4 is 34.6 Å². The normalized spacial score (nSPS) is 20.3. The highest BCUT2D eigenvalue weighted by atomic mass is 32.2. The molecule has 0 amide bonds. The van der Waals surface area contributed by atoms with E-state index in [4.69, 9.17) is 9.97 Å². The average molecular weight is 372 g/mol. The SMILES string of the molecule is CCCn1c2c(c3c(N4CCCC4)nc(N4CCCC4)nc31)CSCC2. The first-order valence-electron chi connectivity index (χ1n) is 10.4. The molecule has 26 heavy (non-hydrogen) atoms. The molecule has 2 aromatic heterocycles. The summed E-state index contributed by atoms with van der Waals surface area (Å²) < 4.78 is 2.53. The zero-order chi connectivity index (χ0) is 17.5. The molecule has 0 N–H and O–H groups in total. The van der Waals surface area contributed by atoms with Crippen molar-refractivity contribution in [2.24, 2.45) is 0 Å². The Morgan fingerprint density at radius 3 is 2.42 bits per heavy atom. The smallest absolute Gasteiger partial charge is 0.229 e. The standard InChI is InChI=1S/C20H29N5S/c1-2-8-25-16-7-13-26-14-15(16)17-18(23-9-3-4-10-23)21-20(22-19(17)25)24-11-5-6-12-24/h2-14H2,1H3. The van der Waals surface area contributed by atoms with Crippen molar-refractivity contribution in [1.82, 2.24) is 14.5 Å². The minimum atomic E-state index is 0.969. The lowest BCUT2D eigenvalue weighted by atomic mass is 10.1. The quantitative estimate of drug-likeness (QED) is 0.816. The van der Waals surface area contributed by atoms with Crippen molar-refractivity contribution in [3.8, 4) is 0 Å². The fourth-order valence-corrected chi connectivity index (χ4v) is 5.79. The minimum Gasteiger partial charge on any atom is -0.356 e. The lowest BCUT2D eigenvalue weighted by Crippen LogP contribution is -2.24. The van der Waals surface area contributed by atoms with E-state index in [1.807, 2.05) is 0 Å². The van der Waals surface area contributed by atoms with Crippen LogP contribution in [-0.4, -0.2) is 46.5 Å². The number of aryl methyl sites for hydroxylation is 1. The van der Waals surface area contributed by atoms with E-state index < -0.39 is 0 Å². The van der Waals surface area contributed by atoms with Gasteiger partial charge in [0, 0.05) is 44.2 Å². The maximum absolute atomic E-state index is 5.16. The van der Waals surface area contributed by atoms with Crippen LogP contribution < -0.4 is 9.80 Å². The van der Waals surface area contributed by atoms with Crippen molar-refractivity contribution in [2.75, 3.05) is 41.7 Å². The second-order valence-corrected chi connectivity index (χ2v) is 8.92. The molecule has 0 radical (unpaired) electrons. The van der Waals surface area contributed by atoms with Crippen LogP contribution in [0.5, 0.6) is 0 Å². The third-order valence-corrected chi connectivity index (χ3v) is 7.05. The predicted molar refractivity (Wildman–Crippen MR) is 111 cm³/mol. The fourth-order valence-electron chi connectivity index (χ4n) is 4.79. The highest BCUT2D eigenvalue weighted by Gasteiger charge is 2.29. The Balaban J connectivity index is 1.75. The zero-order valence-corrected chi connectivity index (χ0v) is 16.7. The van der Waals surface area contributed by atoms with Crippen molar-refractivity contribution in [1.29, 1.82) is 0 Å². The highest BCUT2D eigenvalue weighted by Crippen LogP contribution is 2.40. The Kier molecular flexibility index (Phi) is 4.47. The Morgan fingerprint density at radius 2 is 1.69 bits per heavy atom. The summed E-state index contributed by atoms with van der Waals surface area (Å²) in [5.41, 5.74) is 4.27. The third kappa shape index (κ3) is 2.68. The van der Waals surface area contributed by atoms with Crippen LogP contribution in [-0.2, 0) is 18.7 Å². The van der Waals surface area contributed by atoms with Gasteiger partial charge in [-0.05, 0) is 49.8 Å². The van der Waals surface area contributed by atoms with Gasteiger partial charge in [-0.3, -0.25) is 0 Å². The molecule has 5 heterocycles. The largest absolute Gasteiger partial charge is 0.356 e. The number of rotatable bonds is 4. The minimum absolute atomic E-state index is 0.969. The van der Waals surface area contributed by atoms with E-state index in [0.717, 1.165) is 50.8 Å². The summed E-state index contributed by atoms with van der Waals surface area (Å²) in [4.78, 5) is 15.2. The monoisotopic (exact) mass is 371 g/mol. The predicted octanol–water partition coefficient (Wildman–Crippen LogP) is 3.83. The molecule has 5 rings (SSSR count). The van der Waals surface area contributed by atoms with Gasteiger partial charge in [-0.15, -0.1) is 0 Å². The van der Waals surface area contributed by atoms with Gasteiger partial charge in [-0.2, -0.15) is 21.7 Å². The molecule has 5 nitrogen and oxygen atoms in total. The maximum Gasteiger partial charge on any atom is 0.229 e. The Labute approximate surface area is 160 Å². The second kappa shape index (κ2) is 6.95. The van der Waals surface area contributed by atoms with Gasteiger partial charge in [-0.25, -0.2) is 0 Å². The number of aromatic nitrogens is 3. The molecule has 0 atom stereocenters. The van der Waals surface area contributed by atoms with E-state index >= 15 is 0 Å². The molecule has 3 aliphatic heterocycles. The molecule has 0 spiro atoms. The van der Waals surface area contributed by atoms with Gasteiger partial charge >= 0.3 is 0 Å². The van der Waals surface area contributed by atoms with Gasteiger partial charge in [0.25, 0.3) is 0 Å². The number of hydrogen-bond donors (Lipinski definition) is 0. The molecule has 0 aliphatic carbocycles. The molecule has 2 aromatic rings. The van der Waals surface area contributed by atoms with Crippen LogP contribution in [0.4, 0.5) is 11.8 Å². The fraction of sp³-hybridized carbons (Fsp3) is 0.700. The number of nitrogens with zero attached hydrogens (tertiary/aromatic N) is 5. The summed E-state index contributed by atoms with van der Waals surface area (Å²) in [5.74, 6) is 4.55. The van der Waals surface area contributed by atoms with Crippen LogP contribution in [0.25, 0.3) is 11.0 Å². The molecule has 2 saturated heterocycles. The van der Waals surface area contributed by atoms with Crippen molar-refractivity contribution < 1.29 is 0 Å². The third-order valence-electron chi connectivity index (χ3n) is 6.06. The number of anilines is 2. The van der Waals surface area contributed by atoms with Crippen LogP contribution in [0.1, 0.15) is 50.3 Å². The maximum atomic E-state index is 5.16. The summed E-state index contributed by atoms with van der Waals surface area (Å²) in [7, 11) is 0. The molecular formula is C20H29N5S. The summed E-state index contributed by atoms with van der Waals surface area (Å²) in [6.07, 6.45) is 7.45. The van der Waals surface area contributed by atoms with E-state index in [9.17, 15) is 0 Å². The lowest BCUT2D eigenvalue weighted by molar-refractivity contribution is 0.662. The molecule has 0 unspecified atom stereocenters. The van der Waals surface area contributed by atoms with Crippen molar-refractivity contribution in [3.63, 3.8) is 0 Å². The highest BCUT2D eigenvalue weighted by molar-refractivity contribution is 7.98. The van der Waals surface area contributed by atoms with E-state index in [2.05, 4.69) is 33.1 Å². The lowest BCUT2D eigenvalue weighted by Gasteiger charge is -2.22. The van der Waals surface area contributed by atoms with Crippen LogP contribution in [0.2, 0.25) is 0 Å². The topological polar surface area (TPSA) is 37.2 Å². The summed E-state index contributed by atoms with van der Waals surface area (Å²) in [6.45, 7) is 7.86. The molecule has 6 heteroatoms. The van der Waals surface area contributed by atoms with Crippen molar-refractivity contribution in [3.05, 3.63) is 11.3 Å². The number of thioether (sulfide) groups is 1. The molecule has 2 fully saturated rings. The van der Waals surface area contributed by atoms with Gasteiger partial charge in [0.2, 0.25) is 5.95 Å². The molecule has 0 saturated carbocycles. The van der Waals surface area contributed by atoms with E-state index in [1.165, 1.54) is 66.0 Å². The second-order valence-electron chi connectivity index (χ2n) is 7.81. The molecule has 140 valence electrons. The Morgan fingerprint density at radius 1 is 0.962 bits per heavy atom. The van der Waals surface area contributed by atoms with E-state index in [0.29, 0.717) is 0 Å². The van der Waals surface area contributed by atoms with Gasteiger partial charge in [0.15, 0.2) is 0 Å². The van der Waals surface area contributed by atoms with Crippen LogP contribution in [0.15, 0.2) is 0 Å². The summed E-state index contributed by atoms with van der Waals surface area (Å²) in [5, 5.41) is 1.37. The van der Waals surface area contributed by atoms with Gasteiger partial charge in [-0.1, -0.05) is 6.92 Å². The van der Waals surface area contributed by atoms with Crippen LogP contribution in [0, 0.1) is 0 Å². The van der Waals surface area contributed by atoms with Crippen LogP contribution in [0.3, 0.4) is 0 Å². The Bertz CT molecular complexity index is 802. The van der Waals surface area contributed by atoms with Gasteiger partial charge in [0.05, 0.1) is 5.39 Å². The molecule has 0 bridgehead atoms. The van der Waals surface area contributed by atoms with Crippen LogP contribution >= 0.6 is 11.8 Å². The molecule has 0 aromatic carbocycles. The van der Waals surface area contributed by atoms with E-state index in [-0.39, 0.29) is 0 Å². The number of hydrogen-bond acceptors (Lipinski definition) is 5. The summed E-state index contributed by atoms with van der Waals surface area (Å²) >= 11 is 2.07. The Hall–Kier alpha value is -1.43. The molecule has 3 aliphatic rings. The molecular weight excluding hydrogens is 342 g/mol. The first-order chi connectivity index (χ1) is 12.9. The first kappa shape index (κ1) is 16.7. The van der Waals surface area contributed by atoms with Gasteiger partial charge < -0.3 is 14.4 Å². The average Bonchev–Trinajstić information content (AvgIpc) is 3.43.